The molecule has 0 saturated carbocycles. The Balaban J connectivity index is 3.34. The van der Waals surface area contributed by atoms with Crippen LogP contribution in [0.2, 0.25) is 0 Å². The Morgan fingerprint density at radius 3 is 2.40 bits per heavy atom. The summed E-state index contributed by atoms with van der Waals surface area (Å²) < 4.78 is 0.982. The second-order valence-electron chi connectivity index (χ2n) is 2.40. The van der Waals surface area contributed by atoms with Crippen molar-refractivity contribution in [3.8, 4) is 0 Å². The Morgan fingerprint density at radius 1 is 1.30 bits per heavy atom. The van der Waals surface area contributed by atoms with Crippen molar-refractivity contribution in [2.75, 3.05) is 5.73 Å². The fourth-order valence-corrected chi connectivity index (χ4v) is 1.23. The fraction of sp³-hybridized carbons (Fsp3) is 0.250. The first-order valence-corrected chi connectivity index (χ1v) is 3.93. The number of nitrogens with two attached hydrogens (primary N) is 1. The average Bonchev–Trinajstić information content (AvgIpc) is 1.93. The van der Waals surface area contributed by atoms with E-state index in [1.807, 2.05) is 13.0 Å². The maximum Gasteiger partial charge on any atom is 0.0490 e. The molecule has 0 atom stereocenters. The highest BCUT2D eigenvalue weighted by Crippen LogP contribution is 2.24. The molecule has 54 valence electrons. The Bertz CT molecular complexity index is 229. The molecule has 1 aromatic rings. The summed E-state index contributed by atoms with van der Waals surface area (Å²) in [6, 6.07) is 4.02. The quantitative estimate of drug-likeness (QED) is 0.640. The summed E-state index contributed by atoms with van der Waals surface area (Å²) in [5, 5.41) is 0. The van der Waals surface area contributed by atoms with Gasteiger partial charge >= 0.3 is 0 Å². The molecule has 0 saturated heterocycles. The molecule has 0 aliphatic carbocycles. The maximum atomic E-state index is 5.74. The van der Waals surface area contributed by atoms with Crippen LogP contribution in [0.4, 0.5) is 5.69 Å². The molecule has 0 aromatic heterocycles. The second kappa shape index (κ2) is 2.62. The van der Waals surface area contributed by atoms with Gasteiger partial charge in [-0.05, 0) is 47.0 Å². The molecule has 0 bridgehead atoms. The number of nitrogen functional groups attached to an aromatic ring is 1. The van der Waals surface area contributed by atoms with Crippen LogP contribution >= 0.6 is 15.9 Å². The molecule has 0 aliphatic rings. The van der Waals surface area contributed by atoms with Crippen LogP contribution in [0.3, 0.4) is 0 Å². The van der Waals surface area contributed by atoms with E-state index in [9.17, 15) is 0 Å². The van der Waals surface area contributed by atoms with Crippen LogP contribution < -0.4 is 5.73 Å². The Kier molecular flexibility index (Phi) is 2.00. The van der Waals surface area contributed by atoms with Crippen LogP contribution in [0.1, 0.15) is 11.1 Å². The zero-order chi connectivity index (χ0) is 7.72. The van der Waals surface area contributed by atoms with Gasteiger partial charge in [0, 0.05) is 10.2 Å². The summed E-state index contributed by atoms with van der Waals surface area (Å²) in [5.74, 6) is 0. The van der Waals surface area contributed by atoms with E-state index in [0.717, 1.165) is 15.7 Å². The predicted molar refractivity (Wildman–Crippen MR) is 48.0 cm³/mol. The molecule has 0 aliphatic heterocycles. The second-order valence-corrected chi connectivity index (χ2v) is 3.26. The molecule has 0 unspecified atom stereocenters. The molecule has 10 heavy (non-hydrogen) atoms. The van der Waals surface area contributed by atoms with Crippen LogP contribution in [0, 0.1) is 13.8 Å². The largest absolute Gasteiger partial charge is 0.398 e. The lowest BCUT2D eigenvalue weighted by molar-refractivity contribution is 1.33. The molecule has 1 rings (SSSR count). The molecule has 2 N–H and O–H groups in total. The number of hydrogen-bond donors (Lipinski definition) is 1. The summed E-state index contributed by atoms with van der Waals surface area (Å²) in [4.78, 5) is 0. The molecule has 1 aromatic carbocycles. The minimum atomic E-state index is 0.847. The molecule has 0 fully saturated rings. The molecule has 1 nitrogen and oxygen atoms in total. The zero-order valence-electron chi connectivity index (χ0n) is 6.11. The van der Waals surface area contributed by atoms with Gasteiger partial charge in [0.1, 0.15) is 0 Å². The normalized spacial score (nSPS) is 9.90. The third kappa shape index (κ3) is 1.16. The molecular weight excluding hydrogens is 190 g/mol. The standard InChI is InChI=1S/C8H10BrN/c1-5-3-4-7(9)8(10)6(5)2/h3-4H,10H2,1-2H3. The van der Waals surface area contributed by atoms with Gasteiger partial charge < -0.3 is 5.73 Å². The highest BCUT2D eigenvalue weighted by atomic mass is 79.9. The topological polar surface area (TPSA) is 26.0 Å². The van der Waals surface area contributed by atoms with E-state index in [-0.39, 0.29) is 0 Å². The minimum absolute atomic E-state index is 0.847. The Hall–Kier alpha value is -0.500. The van der Waals surface area contributed by atoms with E-state index in [1.54, 1.807) is 0 Å². The lowest BCUT2D eigenvalue weighted by Crippen LogP contribution is -1.92. The van der Waals surface area contributed by atoms with Gasteiger partial charge in [0.25, 0.3) is 0 Å². The van der Waals surface area contributed by atoms with E-state index in [1.165, 1.54) is 5.56 Å². The smallest absolute Gasteiger partial charge is 0.0490 e. The van der Waals surface area contributed by atoms with E-state index in [4.69, 9.17) is 5.73 Å². The summed E-state index contributed by atoms with van der Waals surface area (Å²) in [6.07, 6.45) is 0. The number of rotatable bonds is 0. The zero-order valence-corrected chi connectivity index (χ0v) is 7.70. The van der Waals surface area contributed by atoms with Gasteiger partial charge in [-0.1, -0.05) is 6.07 Å². The summed E-state index contributed by atoms with van der Waals surface area (Å²) in [5.41, 5.74) is 8.98. The Morgan fingerprint density at radius 2 is 1.90 bits per heavy atom. The SMILES string of the molecule is Cc1ccc(Br)c(N)c1C. The molecule has 0 spiro atoms. The maximum absolute atomic E-state index is 5.74. The van der Waals surface area contributed by atoms with Gasteiger partial charge in [-0.3, -0.25) is 0 Å². The molecule has 0 heterocycles. The highest BCUT2D eigenvalue weighted by Gasteiger charge is 1.99. The summed E-state index contributed by atoms with van der Waals surface area (Å²) in [7, 11) is 0. The van der Waals surface area contributed by atoms with Gasteiger partial charge in [0.15, 0.2) is 0 Å². The lowest BCUT2D eigenvalue weighted by Gasteiger charge is -2.04. The average molecular weight is 200 g/mol. The van der Waals surface area contributed by atoms with Crippen molar-refractivity contribution in [1.29, 1.82) is 0 Å². The number of aryl methyl sites for hydroxylation is 1. The van der Waals surface area contributed by atoms with Crippen LogP contribution in [-0.4, -0.2) is 0 Å². The van der Waals surface area contributed by atoms with Crippen LogP contribution in [-0.2, 0) is 0 Å². The van der Waals surface area contributed by atoms with Gasteiger partial charge in [0.05, 0.1) is 0 Å². The summed E-state index contributed by atoms with van der Waals surface area (Å²) >= 11 is 3.36. The minimum Gasteiger partial charge on any atom is -0.398 e. The van der Waals surface area contributed by atoms with Crippen molar-refractivity contribution >= 4 is 21.6 Å². The first-order valence-electron chi connectivity index (χ1n) is 3.14. The number of halogens is 1. The lowest BCUT2D eigenvalue weighted by atomic mass is 10.1. The number of anilines is 1. The van der Waals surface area contributed by atoms with E-state index < -0.39 is 0 Å². The van der Waals surface area contributed by atoms with E-state index in [2.05, 4.69) is 28.9 Å². The van der Waals surface area contributed by atoms with Gasteiger partial charge in [-0.2, -0.15) is 0 Å². The first kappa shape index (κ1) is 7.61. The highest BCUT2D eigenvalue weighted by molar-refractivity contribution is 9.10. The monoisotopic (exact) mass is 199 g/mol. The van der Waals surface area contributed by atoms with Crippen LogP contribution in [0.5, 0.6) is 0 Å². The third-order valence-electron chi connectivity index (χ3n) is 1.73. The van der Waals surface area contributed by atoms with Crippen molar-refractivity contribution in [2.45, 2.75) is 13.8 Å². The number of hydrogen-bond acceptors (Lipinski definition) is 1. The van der Waals surface area contributed by atoms with Gasteiger partial charge in [0.2, 0.25) is 0 Å². The molecule has 0 amide bonds. The first-order chi connectivity index (χ1) is 4.63. The van der Waals surface area contributed by atoms with Crippen LogP contribution in [0.25, 0.3) is 0 Å². The van der Waals surface area contributed by atoms with Gasteiger partial charge in [-0.25, -0.2) is 0 Å². The predicted octanol–water partition coefficient (Wildman–Crippen LogP) is 2.65. The molecular formula is C8H10BrN. The van der Waals surface area contributed by atoms with Crippen molar-refractivity contribution in [3.63, 3.8) is 0 Å². The van der Waals surface area contributed by atoms with E-state index in [0.29, 0.717) is 0 Å². The molecule has 0 radical (unpaired) electrons. The summed E-state index contributed by atoms with van der Waals surface area (Å²) in [6.45, 7) is 4.08. The molecule has 2 heteroatoms. The van der Waals surface area contributed by atoms with Crippen molar-refractivity contribution in [2.24, 2.45) is 0 Å². The Labute approximate surface area is 69.4 Å². The third-order valence-corrected chi connectivity index (χ3v) is 2.42. The number of benzene rings is 1. The van der Waals surface area contributed by atoms with Crippen molar-refractivity contribution in [1.82, 2.24) is 0 Å². The van der Waals surface area contributed by atoms with Crippen molar-refractivity contribution < 1.29 is 0 Å². The van der Waals surface area contributed by atoms with Crippen LogP contribution in [0.15, 0.2) is 16.6 Å². The van der Waals surface area contributed by atoms with Gasteiger partial charge in [-0.15, -0.1) is 0 Å². The fourth-order valence-electron chi connectivity index (χ4n) is 0.804. The van der Waals surface area contributed by atoms with Crippen molar-refractivity contribution in [3.05, 3.63) is 27.7 Å². The van der Waals surface area contributed by atoms with E-state index >= 15 is 0 Å².